The lowest BCUT2D eigenvalue weighted by Crippen LogP contribution is -2.57. The summed E-state index contributed by atoms with van der Waals surface area (Å²) >= 11 is 0. The molecule has 13 heteroatoms. The average Bonchev–Trinajstić information content (AvgIpc) is 2.18. The highest BCUT2D eigenvalue weighted by atomic mass is 32.3. The van der Waals surface area contributed by atoms with Gasteiger partial charge in [-0.05, 0) is 0 Å². The molecule has 11 nitrogen and oxygen atoms in total. The first-order chi connectivity index (χ1) is 8.48. The lowest BCUT2D eigenvalue weighted by atomic mass is 10.0. The molecule has 0 aromatic heterocycles. The van der Waals surface area contributed by atoms with Gasteiger partial charge in [0, 0.05) is 6.42 Å². The molecule has 114 valence electrons. The van der Waals surface area contributed by atoms with E-state index in [0.29, 0.717) is 0 Å². The Morgan fingerprint density at radius 3 is 2.26 bits per heavy atom. The number of aliphatic hydroxyl groups excluding tert-OH is 2. The van der Waals surface area contributed by atoms with Gasteiger partial charge in [-0.3, -0.25) is 4.18 Å². The van der Waals surface area contributed by atoms with Gasteiger partial charge >= 0.3 is 0 Å². The van der Waals surface area contributed by atoms with E-state index in [1.165, 1.54) is 4.72 Å². The van der Waals surface area contributed by atoms with E-state index >= 15 is 0 Å². The van der Waals surface area contributed by atoms with E-state index in [2.05, 4.69) is 4.18 Å². The van der Waals surface area contributed by atoms with Crippen molar-refractivity contribution in [3.63, 3.8) is 0 Å². The largest absolute Gasteiger partial charge is 0.735 e. The maximum atomic E-state index is 10.4. The number of hydrogen-bond acceptors (Lipinski definition) is 10. The van der Waals surface area contributed by atoms with Crippen LogP contribution in [0.4, 0.5) is 0 Å². The van der Waals surface area contributed by atoms with Gasteiger partial charge in [0.2, 0.25) is 10.4 Å². The maximum Gasteiger partial charge on any atom is 0.217 e. The Labute approximate surface area is 109 Å². The number of hydrogen-bond donors (Lipinski definition) is 3. The van der Waals surface area contributed by atoms with Gasteiger partial charge in [-0.2, -0.15) is 0 Å². The first kappa shape index (κ1) is 16.7. The fourth-order valence-electron chi connectivity index (χ4n) is 1.51. The molecular weight excluding hydrogens is 310 g/mol. The summed E-state index contributed by atoms with van der Waals surface area (Å²) < 4.78 is 71.9. The van der Waals surface area contributed by atoms with Crippen molar-refractivity contribution in [3.05, 3.63) is 0 Å². The molecule has 2 unspecified atom stereocenters. The molecule has 1 saturated heterocycles. The monoisotopic (exact) mass is 321 g/mol. The first-order valence-electron chi connectivity index (χ1n) is 4.83. The SMILES string of the molecule is O=S(=O)([O-])NC1[C@H](O)CC(COS(=O)(=O)[O-])O[C@@H]1O. The van der Waals surface area contributed by atoms with E-state index in [-0.39, 0.29) is 6.42 Å². The number of aliphatic hydroxyl groups is 2. The zero-order valence-electron chi connectivity index (χ0n) is 9.20. The van der Waals surface area contributed by atoms with Crippen LogP contribution in [0.2, 0.25) is 0 Å². The molecule has 0 bridgehead atoms. The van der Waals surface area contributed by atoms with Crippen LogP contribution in [0, 0.1) is 0 Å². The van der Waals surface area contributed by atoms with Crippen molar-refractivity contribution < 1.29 is 45.1 Å². The predicted molar refractivity (Wildman–Crippen MR) is 53.8 cm³/mol. The topological polar surface area (TPSA) is 185 Å². The van der Waals surface area contributed by atoms with E-state index in [4.69, 9.17) is 4.74 Å². The third kappa shape index (κ3) is 6.07. The highest BCUT2D eigenvalue weighted by Gasteiger charge is 2.38. The Kier molecular flexibility index (Phi) is 5.21. The van der Waals surface area contributed by atoms with Crippen molar-refractivity contribution in [1.29, 1.82) is 0 Å². The van der Waals surface area contributed by atoms with Crippen LogP contribution < -0.4 is 4.72 Å². The fourth-order valence-corrected chi connectivity index (χ4v) is 2.44. The van der Waals surface area contributed by atoms with Gasteiger partial charge in [-0.25, -0.2) is 21.6 Å². The van der Waals surface area contributed by atoms with Gasteiger partial charge in [0.25, 0.3) is 0 Å². The molecule has 3 N–H and O–H groups in total. The zero-order valence-corrected chi connectivity index (χ0v) is 10.8. The van der Waals surface area contributed by atoms with Crippen molar-refractivity contribution in [2.45, 2.75) is 31.0 Å². The molecule has 0 saturated carbocycles. The first-order valence-corrected chi connectivity index (χ1v) is 7.57. The summed E-state index contributed by atoms with van der Waals surface area (Å²) in [5.74, 6) is 0. The minimum Gasteiger partial charge on any atom is -0.735 e. The zero-order chi connectivity index (χ0) is 14.8. The molecule has 4 atom stereocenters. The molecule has 1 heterocycles. The van der Waals surface area contributed by atoms with Crippen LogP contribution in [0.1, 0.15) is 6.42 Å². The molecule has 0 aromatic carbocycles. The van der Waals surface area contributed by atoms with E-state index in [1.807, 2.05) is 0 Å². The molecular formula is C6H11NO10S2-2. The Hall–Kier alpha value is -0.380. The Bertz CT molecular complexity index is 488. The van der Waals surface area contributed by atoms with Crippen molar-refractivity contribution in [1.82, 2.24) is 4.72 Å². The second kappa shape index (κ2) is 5.94. The second-order valence-corrected chi connectivity index (χ2v) is 5.94. The van der Waals surface area contributed by atoms with E-state index in [9.17, 15) is 36.2 Å². The third-order valence-electron chi connectivity index (χ3n) is 2.24. The van der Waals surface area contributed by atoms with Crippen molar-refractivity contribution in [2.75, 3.05) is 6.61 Å². The molecule has 0 aliphatic carbocycles. The average molecular weight is 321 g/mol. The summed E-state index contributed by atoms with van der Waals surface area (Å²) in [6.45, 7) is -0.753. The van der Waals surface area contributed by atoms with E-state index in [0.717, 1.165) is 0 Å². The standard InChI is InChI=1S/C6H13NO10S2/c8-4-1-3(2-16-19(13,14)15)17-6(9)5(4)7-18(10,11)12/h3-9H,1-2H2,(H,10,11,12)(H,13,14,15)/p-2/t3?,4-,5?,6+/m1/s1. The summed E-state index contributed by atoms with van der Waals surface area (Å²) in [7, 11) is -9.88. The molecule has 1 rings (SSSR count). The van der Waals surface area contributed by atoms with Gasteiger partial charge < -0.3 is 24.1 Å². The Balaban J connectivity index is 2.61. The van der Waals surface area contributed by atoms with Crippen LogP contribution in [0.5, 0.6) is 0 Å². The molecule has 1 fully saturated rings. The molecule has 0 radical (unpaired) electrons. The summed E-state index contributed by atoms with van der Waals surface area (Å²) in [5.41, 5.74) is 0. The van der Waals surface area contributed by atoms with Gasteiger partial charge in [0.15, 0.2) is 16.6 Å². The summed E-state index contributed by atoms with van der Waals surface area (Å²) in [4.78, 5) is 0. The lowest BCUT2D eigenvalue weighted by molar-refractivity contribution is -0.209. The maximum absolute atomic E-state index is 10.4. The molecule has 0 spiro atoms. The summed E-state index contributed by atoms with van der Waals surface area (Å²) in [6.07, 6.45) is -4.91. The number of ether oxygens (including phenoxy) is 1. The predicted octanol–water partition coefficient (Wildman–Crippen LogP) is -3.65. The smallest absolute Gasteiger partial charge is 0.217 e. The van der Waals surface area contributed by atoms with Crippen molar-refractivity contribution in [3.8, 4) is 0 Å². The molecule has 0 aromatic rings. The van der Waals surface area contributed by atoms with Crippen LogP contribution >= 0.6 is 0 Å². The number of nitrogens with one attached hydrogen (secondary N) is 1. The number of rotatable bonds is 5. The van der Waals surface area contributed by atoms with Gasteiger partial charge in [0.1, 0.15) is 0 Å². The van der Waals surface area contributed by atoms with Crippen molar-refractivity contribution >= 4 is 20.7 Å². The van der Waals surface area contributed by atoms with Crippen LogP contribution in [0.25, 0.3) is 0 Å². The van der Waals surface area contributed by atoms with Gasteiger partial charge in [-0.15, -0.1) is 0 Å². The van der Waals surface area contributed by atoms with E-state index < -0.39 is 51.8 Å². The van der Waals surface area contributed by atoms with Gasteiger partial charge in [-0.1, -0.05) is 0 Å². The van der Waals surface area contributed by atoms with Crippen LogP contribution in [-0.2, 0) is 29.6 Å². The Morgan fingerprint density at radius 1 is 1.26 bits per heavy atom. The van der Waals surface area contributed by atoms with E-state index in [1.54, 1.807) is 0 Å². The molecule has 0 amide bonds. The van der Waals surface area contributed by atoms with Gasteiger partial charge in [0.05, 0.1) is 24.9 Å². The van der Waals surface area contributed by atoms with Crippen molar-refractivity contribution in [2.24, 2.45) is 0 Å². The van der Waals surface area contributed by atoms with Crippen LogP contribution in [-0.4, -0.2) is 67.3 Å². The minimum atomic E-state index is -4.96. The summed E-state index contributed by atoms with van der Waals surface area (Å²) in [5, 5.41) is 18.9. The highest BCUT2D eigenvalue weighted by molar-refractivity contribution is 7.83. The summed E-state index contributed by atoms with van der Waals surface area (Å²) in [6, 6.07) is -1.59. The fraction of sp³-hybridized carbons (Fsp3) is 1.00. The second-order valence-electron chi connectivity index (χ2n) is 3.74. The third-order valence-corrected chi connectivity index (χ3v) is 3.22. The highest BCUT2D eigenvalue weighted by Crippen LogP contribution is 2.20. The quantitative estimate of drug-likeness (QED) is 0.336. The van der Waals surface area contributed by atoms with Crippen LogP contribution in [0.15, 0.2) is 0 Å². The lowest BCUT2D eigenvalue weighted by Gasteiger charge is -2.37. The molecule has 1 aliphatic heterocycles. The molecule has 19 heavy (non-hydrogen) atoms. The minimum absolute atomic E-state index is 0.347. The van der Waals surface area contributed by atoms with Crippen LogP contribution in [0.3, 0.4) is 0 Å². The Morgan fingerprint density at radius 2 is 1.84 bits per heavy atom. The molecule has 1 aliphatic rings. The normalized spacial score (nSPS) is 33.3.